The summed E-state index contributed by atoms with van der Waals surface area (Å²) < 4.78 is 0. The first-order chi connectivity index (χ1) is 7.82. The summed E-state index contributed by atoms with van der Waals surface area (Å²) in [5.41, 5.74) is 6.30. The van der Waals surface area contributed by atoms with Crippen molar-refractivity contribution in [2.24, 2.45) is 23.0 Å². The van der Waals surface area contributed by atoms with Gasteiger partial charge >= 0.3 is 0 Å². The van der Waals surface area contributed by atoms with Crippen LogP contribution in [0.25, 0.3) is 0 Å². The molecule has 1 aliphatic carbocycles. The van der Waals surface area contributed by atoms with Crippen LogP contribution in [0.15, 0.2) is 0 Å². The lowest BCUT2D eigenvalue weighted by atomic mass is 9.73. The molecule has 0 radical (unpaired) electrons. The zero-order chi connectivity index (χ0) is 13.1. The lowest BCUT2D eigenvalue weighted by molar-refractivity contribution is -0.123. The van der Waals surface area contributed by atoms with Crippen LogP contribution >= 0.6 is 12.4 Å². The van der Waals surface area contributed by atoms with Crippen molar-refractivity contribution in [2.45, 2.75) is 59.4 Å². The number of carbonyl (C=O) groups is 1. The van der Waals surface area contributed by atoms with Crippen LogP contribution in [0.4, 0.5) is 0 Å². The minimum atomic E-state index is -0.366. The Labute approximate surface area is 118 Å². The molecule has 1 fully saturated rings. The third-order valence-corrected chi connectivity index (χ3v) is 4.04. The van der Waals surface area contributed by atoms with Gasteiger partial charge in [-0.15, -0.1) is 12.4 Å². The van der Waals surface area contributed by atoms with Crippen molar-refractivity contribution in [3.63, 3.8) is 0 Å². The van der Waals surface area contributed by atoms with E-state index in [9.17, 15) is 4.79 Å². The molecule has 1 saturated carbocycles. The molecule has 18 heavy (non-hydrogen) atoms. The quantitative estimate of drug-likeness (QED) is 0.830. The second-order valence-corrected chi connectivity index (χ2v) is 6.62. The van der Waals surface area contributed by atoms with E-state index in [-0.39, 0.29) is 30.3 Å². The van der Waals surface area contributed by atoms with E-state index in [1.54, 1.807) is 0 Å². The summed E-state index contributed by atoms with van der Waals surface area (Å²) in [4.78, 5) is 11.7. The Hall–Kier alpha value is -0.280. The van der Waals surface area contributed by atoms with Gasteiger partial charge < -0.3 is 11.1 Å². The molecule has 4 heteroatoms. The van der Waals surface area contributed by atoms with Crippen LogP contribution in [0.5, 0.6) is 0 Å². The Kier molecular flexibility index (Phi) is 7.23. The number of rotatable bonds is 4. The van der Waals surface area contributed by atoms with Crippen molar-refractivity contribution in [3.05, 3.63) is 0 Å². The lowest BCUT2D eigenvalue weighted by Crippen LogP contribution is -2.45. The first kappa shape index (κ1) is 17.7. The van der Waals surface area contributed by atoms with Crippen molar-refractivity contribution in [3.8, 4) is 0 Å². The van der Waals surface area contributed by atoms with E-state index >= 15 is 0 Å². The Morgan fingerprint density at radius 3 is 2.28 bits per heavy atom. The summed E-state index contributed by atoms with van der Waals surface area (Å²) in [6.45, 7) is 9.42. The van der Waals surface area contributed by atoms with Crippen molar-refractivity contribution in [1.29, 1.82) is 0 Å². The van der Waals surface area contributed by atoms with Gasteiger partial charge in [-0.3, -0.25) is 4.79 Å². The van der Waals surface area contributed by atoms with E-state index in [0.717, 1.165) is 6.54 Å². The molecule has 0 heterocycles. The fourth-order valence-electron chi connectivity index (χ4n) is 2.33. The number of nitrogens with one attached hydrogen (secondary N) is 1. The second kappa shape index (κ2) is 7.34. The van der Waals surface area contributed by atoms with Crippen molar-refractivity contribution < 1.29 is 4.79 Å². The summed E-state index contributed by atoms with van der Waals surface area (Å²) in [7, 11) is 0. The molecule has 1 atom stereocenters. The maximum Gasteiger partial charge on any atom is 0.237 e. The molecule has 3 N–H and O–H groups in total. The first-order valence-electron chi connectivity index (χ1n) is 6.85. The van der Waals surface area contributed by atoms with Gasteiger partial charge in [-0.1, -0.05) is 27.7 Å². The van der Waals surface area contributed by atoms with Crippen LogP contribution in [0.1, 0.15) is 53.4 Å². The zero-order valence-corrected chi connectivity index (χ0v) is 13.0. The van der Waals surface area contributed by atoms with E-state index < -0.39 is 0 Å². The molecular weight excluding hydrogens is 248 g/mol. The van der Waals surface area contributed by atoms with Gasteiger partial charge in [-0.05, 0) is 42.9 Å². The highest BCUT2D eigenvalue weighted by Gasteiger charge is 2.27. The average Bonchev–Trinajstić information content (AvgIpc) is 2.26. The number of carbonyl (C=O) groups excluding carboxylic acids is 1. The van der Waals surface area contributed by atoms with Gasteiger partial charge in [0.25, 0.3) is 0 Å². The Bertz CT molecular complexity index is 257. The summed E-state index contributed by atoms with van der Waals surface area (Å²) in [5.74, 6) is 0.858. The molecule has 1 aliphatic rings. The summed E-state index contributed by atoms with van der Waals surface area (Å²) in [6.07, 6.45) is 4.99. The molecule has 0 saturated heterocycles. The molecule has 0 spiro atoms. The minimum absolute atomic E-state index is 0. The van der Waals surface area contributed by atoms with Gasteiger partial charge in [0, 0.05) is 6.54 Å². The second-order valence-electron chi connectivity index (χ2n) is 6.62. The highest BCUT2D eigenvalue weighted by atomic mass is 35.5. The van der Waals surface area contributed by atoms with Crippen LogP contribution in [0, 0.1) is 17.3 Å². The fraction of sp³-hybridized carbons (Fsp3) is 0.929. The van der Waals surface area contributed by atoms with Gasteiger partial charge in [0.2, 0.25) is 5.91 Å². The Morgan fingerprint density at radius 1 is 1.33 bits per heavy atom. The van der Waals surface area contributed by atoms with Gasteiger partial charge in [-0.25, -0.2) is 0 Å². The predicted octanol–water partition coefficient (Wildman–Crippen LogP) is 2.72. The minimum Gasteiger partial charge on any atom is -0.354 e. The standard InChI is InChI=1S/C14H28N2O.ClH/c1-10(2)12(15)13(17)16-9-11-5-7-14(3,4)8-6-11;/h10-12H,5-9,15H2,1-4H3,(H,16,17);1H/t12-;/m1./s1. The van der Waals surface area contributed by atoms with E-state index in [2.05, 4.69) is 19.2 Å². The average molecular weight is 277 g/mol. The Morgan fingerprint density at radius 2 is 1.83 bits per heavy atom. The molecular formula is C14H29ClN2O. The largest absolute Gasteiger partial charge is 0.354 e. The fourth-order valence-corrected chi connectivity index (χ4v) is 2.33. The molecule has 0 unspecified atom stereocenters. The summed E-state index contributed by atoms with van der Waals surface area (Å²) in [6, 6.07) is -0.366. The van der Waals surface area contributed by atoms with Crippen molar-refractivity contribution >= 4 is 18.3 Å². The monoisotopic (exact) mass is 276 g/mol. The normalized spacial score (nSPS) is 21.2. The third-order valence-electron chi connectivity index (χ3n) is 4.04. The molecule has 108 valence electrons. The molecule has 0 bridgehead atoms. The maximum absolute atomic E-state index is 11.7. The summed E-state index contributed by atoms with van der Waals surface area (Å²) in [5, 5.41) is 3.00. The van der Waals surface area contributed by atoms with E-state index in [1.807, 2.05) is 13.8 Å². The number of hydrogen-bond donors (Lipinski definition) is 2. The van der Waals surface area contributed by atoms with Crippen LogP contribution in [-0.2, 0) is 4.79 Å². The Balaban J connectivity index is 0.00000289. The van der Waals surface area contributed by atoms with E-state index in [4.69, 9.17) is 5.73 Å². The topological polar surface area (TPSA) is 55.1 Å². The summed E-state index contributed by atoms with van der Waals surface area (Å²) >= 11 is 0. The van der Waals surface area contributed by atoms with Crippen LogP contribution in [0.2, 0.25) is 0 Å². The van der Waals surface area contributed by atoms with Crippen LogP contribution in [-0.4, -0.2) is 18.5 Å². The zero-order valence-electron chi connectivity index (χ0n) is 12.2. The number of halogens is 1. The molecule has 0 aromatic rings. The van der Waals surface area contributed by atoms with Gasteiger partial charge in [0.15, 0.2) is 0 Å². The third kappa shape index (κ3) is 5.57. The predicted molar refractivity (Wildman–Crippen MR) is 78.8 cm³/mol. The maximum atomic E-state index is 11.7. The SMILES string of the molecule is CC(C)[C@@H](N)C(=O)NCC1CCC(C)(C)CC1.Cl. The van der Waals surface area contributed by atoms with Gasteiger partial charge in [0.1, 0.15) is 0 Å². The molecule has 0 aromatic heterocycles. The number of amides is 1. The lowest BCUT2D eigenvalue weighted by Gasteiger charge is -2.34. The number of hydrogen-bond acceptors (Lipinski definition) is 2. The van der Waals surface area contributed by atoms with E-state index in [0.29, 0.717) is 11.3 Å². The molecule has 3 nitrogen and oxygen atoms in total. The molecule has 0 aliphatic heterocycles. The molecule has 0 aromatic carbocycles. The van der Waals surface area contributed by atoms with Crippen molar-refractivity contribution in [2.75, 3.05) is 6.54 Å². The van der Waals surface area contributed by atoms with E-state index in [1.165, 1.54) is 25.7 Å². The highest BCUT2D eigenvalue weighted by Crippen LogP contribution is 2.37. The smallest absolute Gasteiger partial charge is 0.237 e. The molecule has 1 amide bonds. The van der Waals surface area contributed by atoms with Crippen LogP contribution in [0.3, 0.4) is 0 Å². The molecule has 1 rings (SSSR count). The number of nitrogens with two attached hydrogens (primary N) is 1. The van der Waals surface area contributed by atoms with Gasteiger partial charge in [-0.2, -0.15) is 0 Å². The van der Waals surface area contributed by atoms with Crippen molar-refractivity contribution in [1.82, 2.24) is 5.32 Å². The highest BCUT2D eigenvalue weighted by molar-refractivity contribution is 5.85. The van der Waals surface area contributed by atoms with Crippen LogP contribution < -0.4 is 11.1 Å². The first-order valence-corrected chi connectivity index (χ1v) is 6.85. The van der Waals surface area contributed by atoms with Gasteiger partial charge in [0.05, 0.1) is 6.04 Å².